The van der Waals surface area contributed by atoms with Gasteiger partial charge in [-0.3, -0.25) is 10.1 Å². The number of para-hydroxylation sites is 1. The van der Waals surface area contributed by atoms with Gasteiger partial charge >= 0.3 is 0 Å². The number of hydrogen-bond acceptors (Lipinski definition) is 2. The first-order valence-electron chi connectivity index (χ1n) is 8.81. The highest BCUT2D eigenvalue weighted by molar-refractivity contribution is 5.94. The first kappa shape index (κ1) is 17.9. The van der Waals surface area contributed by atoms with Crippen molar-refractivity contribution in [1.82, 2.24) is 5.32 Å². The molecule has 1 atom stereocenters. The summed E-state index contributed by atoms with van der Waals surface area (Å²) in [6.07, 6.45) is 0. The summed E-state index contributed by atoms with van der Waals surface area (Å²) in [6, 6.07) is 28.3. The van der Waals surface area contributed by atoms with Gasteiger partial charge < -0.3 is 4.90 Å². The van der Waals surface area contributed by atoms with Crippen LogP contribution in [-0.4, -0.2) is 19.5 Å². The van der Waals surface area contributed by atoms with Crippen LogP contribution in [0.3, 0.4) is 0 Å². The lowest BCUT2D eigenvalue weighted by molar-refractivity contribution is -0.117. The average molecular weight is 344 g/mol. The lowest BCUT2D eigenvalue weighted by Gasteiger charge is -2.22. The summed E-state index contributed by atoms with van der Waals surface area (Å²) in [7, 11) is 1.81. The van der Waals surface area contributed by atoms with Gasteiger partial charge in [0, 0.05) is 12.7 Å². The summed E-state index contributed by atoms with van der Waals surface area (Å²) in [6.45, 7) is 2.34. The lowest BCUT2D eigenvalue weighted by Crippen LogP contribution is -2.37. The van der Waals surface area contributed by atoms with Gasteiger partial charge in [-0.25, -0.2) is 0 Å². The van der Waals surface area contributed by atoms with Gasteiger partial charge in [0.05, 0.1) is 12.6 Å². The minimum atomic E-state index is -0.0232. The molecule has 132 valence electrons. The molecule has 0 saturated carbocycles. The zero-order chi connectivity index (χ0) is 18.4. The number of benzene rings is 3. The Kier molecular flexibility index (Phi) is 5.82. The molecule has 3 aromatic carbocycles. The molecule has 0 spiro atoms. The van der Waals surface area contributed by atoms with Crippen molar-refractivity contribution in [3.63, 3.8) is 0 Å². The van der Waals surface area contributed by atoms with Crippen LogP contribution in [0.25, 0.3) is 0 Å². The van der Waals surface area contributed by atoms with E-state index in [1.54, 1.807) is 4.90 Å². The van der Waals surface area contributed by atoms with E-state index in [1.165, 1.54) is 5.56 Å². The number of rotatable bonds is 6. The van der Waals surface area contributed by atoms with E-state index < -0.39 is 0 Å². The third kappa shape index (κ3) is 4.38. The van der Waals surface area contributed by atoms with Crippen LogP contribution in [0.5, 0.6) is 0 Å². The molecule has 3 aromatic rings. The predicted octanol–water partition coefficient (Wildman–Crippen LogP) is 4.34. The number of nitrogens with zero attached hydrogens (tertiary/aromatic N) is 1. The third-order valence-electron chi connectivity index (χ3n) is 4.52. The van der Waals surface area contributed by atoms with Gasteiger partial charge in [0.1, 0.15) is 0 Å². The van der Waals surface area contributed by atoms with Crippen LogP contribution in [0.1, 0.15) is 22.7 Å². The van der Waals surface area contributed by atoms with Crippen molar-refractivity contribution in [1.29, 1.82) is 0 Å². The van der Waals surface area contributed by atoms with E-state index >= 15 is 0 Å². The first-order chi connectivity index (χ1) is 12.6. The Labute approximate surface area is 155 Å². The fraction of sp³-hybridized carbons (Fsp3) is 0.174. The van der Waals surface area contributed by atoms with Gasteiger partial charge in [-0.2, -0.15) is 0 Å². The van der Waals surface area contributed by atoms with Crippen molar-refractivity contribution in [3.05, 3.63) is 102 Å². The Balaban J connectivity index is 1.76. The van der Waals surface area contributed by atoms with Crippen molar-refractivity contribution >= 4 is 11.6 Å². The molecule has 0 heterocycles. The molecule has 0 aromatic heterocycles. The number of anilines is 1. The van der Waals surface area contributed by atoms with Crippen molar-refractivity contribution in [3.8, 4) is 0 Å². The molecule has 1 amide bonds. The number of likely N-dealkylation sites (N-methyl/N-ethyl adjacent to an activating group) is 1. The minimum absolute atomic E-state index is 0.0232. The van der Waals surface area contributed by atoms with Crippen LogP contribution in [0.15, 0.2) is 84.9 Å². The Hall–Kier alpha value is -2.91. The summed E-state index contributed by atoms with van der Waals surface area (Å²) < 4.78 is 0. The second-order valence-corrected chi connectivity index (χ2v) is 6.42. The SMILES string of the molecule is Cc1ccc([C@H](NCC(=O)N(C)c2ccccc2)c2ccccc2)cc1. The molecule has 0 aliphatic heterocycles. The van der Waals surface area contributed by atoms with Crippen molar-refractivity contribution in [2.75, 3.05) is 18.5 Å². The van der Waals surface area contributed by atoms with Gasteiger partial charge in [0.15, 0.2) is 0 Å². The quantitative estimate of drug-likeness (QED) is 0.721. The van der Waals surface area contributed by atoms with Crippen LogP contribution in [0, 0.1) is 6.92 Å². The highest BCUT2D eigenvalue weighted by Crippen LogP contribution is 2.22. The molecule has 1 N–H and O–H groups in total. The topological polar surface area (TPSA) is 32.3 Å². The maximum atomic E-state index is 12.6. The molecule has 0 saturated heterocycles. The Morgan fingerprint density at radius 3 is 2.00 bits per heavy atom. The van der Waals surface area contributed by atoms with E-state index in [9.17, 15) is 4.79 Å². The highest BCUT2D eigenvalue weighted by atomic mass is 16.2. The summed E-state index contributed by atoms with van der Waals surface area (Å²) >= 11 is 0. The molecular formula is C23H24N2O. The fourth-order valence-electron chi connectivity index (χ4n) is 2.94. The van der Waals surface area contributed by atoms with Gasteiger partial charge in [0.2, 0.25) is 5.91 Å². The Bertz CT molecular complexity index is 829. The number of nitrogens with one attached hydrogen (secondary N) is 1. The highest BCUT2D eigenvalue weighted by Gasteiger charge is 2.17. The van der Waals surface area contributed by atoms with Crippen LogP contribution in [0.4, 0.5) is 5.69 Å². The molecule has 3 nitrogen and oxygen atoms in total. The molecule has 0 unspecified atom stereocenters. The van der Waals surface area contributed by atoms with Gasteiger partial charge in [-0.15, -0.1) is 0 Å². The summed E-state index contributed by atoms with van der Waals surface area (Å²) in [5, 5.41) is 3.43. The van der Waals surface area contributed by atoms with Gasteiger partial charge in [0.25, 0.3) is 0 Å². The van der Waals surface area contributed by atoms with Crippen LogP contribution in [-0.2, 0) is 4.79 Å². The van der Waals surface area contributed by atoms with Gasteiger partial charge in [-0.05, 0) is 30.2 Å². The number of carbonyl (C=O) groups excluding carboxylic acids is 1. The monoisotopic (exact) mass is 344 g/mol. The van der Waals surface area contributed by atoms with Crippen LogP contribution in [0.2, 0.25) is 0 Å². The van der Waals surface area contributed by atoms with E-state index in [0.29, 0.717) is 0 Å². The zero-order valence-corrected chi connectivity index (χ0v) is 15.2. The summed E-state index contributed by atoms with van der Waals surface area (Å²) in [5.41, 5.74) is 4.41. The third-order valence-corrected chi connectivity index (χ3v) is 4.52. The average Bonchev–Trinajstić information content (AvgIpc) is 2.70. The minimum Gasteiger partial charge on any atom is -0.314 e. The predicted molar refractivity (Wildman–Crippen MR) is 107 cm³/mol. The summed E-state index contributed by atoms with van der Waals surface area (Å²) in [5.74, 6) is 0.0317. The maximum Gasteiger partial charge on any atom is 0.240 e. The van der Waals surface area contributed by atoms with E-state index in [2.05, 4.69) is 48.6 Å². The number of aryl methyl sites for hydroxylation is 1. The molecule has 26 heavy (non-hydrogen) atoms. The molecule has 0 radical (unpaired) electrons. The van der Waals surface area contributed by atoms with E-state index in [1.807, 2.05) is 55.6 Å². The van der Waals surface area contributed by atoms with E-state index in [4.69, 9.17) is 0 Å². The molecule has 0 aliphatic carbocycles. The molecule has 0 aliphatic rings. The normalized spacial score (nSPS) is 11.8. The second kappa shape index (κ2) is 8.45. The maximum absolute atomic E-state index is 12.6. The largest absolute Gasteiger partial charge is 0.314 e. The van der Waals surface area contributed by atoms with E-state index in [-0.39, 0.29) is 18.5 Å². The Morgan fingerprint density at radius 2 is 1.38 bits per heavy atom. The van der Waals surface area contributed by atoms with E-state index in [0.717, 1.165) is 16.8 Å². The van der Waals surface area contributed by atoms with Crippen molar-refractivity contribution in [2.45, 2.75) is 13.0 Å². The standard InChI is InChI=1S/C23H24N2O/c1-18-13-15-20(16-14-18)23(19-9-5-3-6-10-19)24-17-22(26)25(2)21-11-7-4-8-12-21/h3-16,23-24H,17H2,1-2H3/t23-/m1/s1. The lowest BCUT2D eigenvalue weighted by atomic mass is 9.98. The fourth-order valence-corrected chi connectivity index (χ4v) is 2.94. The molecule has 3 heteroatoms. The smallest absolute Gasteiger partial charge is 0.240 e. The summed E-state index contributed by atoms with van der Waals surface area (Å²) in [4.78, 5) is 14.3. The van der Waals surface area contributed by atoms with Gasteiger partial charge in [-0.1, -0.05) is 78.4 Å². The van der Waals surface area contributed by atoms with Crippen LogP contribution >= 0.6 is 0 Å². The van der Waals surface area contributed by atoms with Crippen LogP contribution < -0.4 is 10.2 Å². The van der Waals surface area contributed by atoms with Crippen molar-refractivity contribution < 1.29 is 4.79 Å². The molecule has 0 bridgehead atoms. The molecular weight excluding hydrogens is 320 g/mol. The number of hydrogen-bond donors (Lipinski definition) is 1. The van der Waals surface area contributed by atoms with Crippen molar-refractivity contribution in [2.24, 2.45) is 0 Å². The molecule has 3 rings (SSSR count). The zero-order valence-electron chi connectivity index (χ0n) is 15.2. The second-order valence-electron chi connectivity index (χ2n) is 6.42. The first-order valence-corrected chi connectivity index (χ1v) is 8.81. The number of carbonyl (C=O) groups is 1. The Morgan fingerprint density at radius 1 is 0.846 bits per heavy atom. The number of amides is 1. The molecule has 0 fully saturated rings.